The van der Waals surface area contributed by atoms with Crippen LogP contribution in [0.25, 0.3) is 0 Å². The summed E-state index contributed by atoms with van der Waals surface area (Å²) in [4.78, 5) is 20.2. The van der Waals surface area contributed by atoms with Crippen LogP contribution in [-0.4, -0.2) is 21.9 Å². The maximum Gasteiger partial charge on any atom is 0.254 e. The van der Waals surface area contributed by atoms with Crippen LogP contribution in [0.4, 0.5) is 0 Å². The van der Waals surface area contributed by atoms with E-state index in [2.05, 4.69) is 43.0 Å². The molecule has 0 bridgehead atoms. The predicted octanol–water partition coefficient (Wildman–Crippen LogP) is 3.37. The molecule has 4 nitrogen and oxygen atoms in total. The fourth-order valence-corrected chi connectivity index (χ4v) is 3.42. The summed E-state index contributed by atoms with van der Waals surface area (Å²) >= 11 is 0. The van der Waals surface area contributed by atoms with Crippen molar-refractivity contribution in [3.8, 4) is 0 Å². The molecular weight excluding hydrogens is 250 g/mol. The van der Waals surface area contributed by atoms with Crippen LogP contribution in [0, 0.1) is 17.8 Å². The van der Waals surface area contributed by atoms with Crippen LogP contribution in [-0.2, 0) is 0 Å². The molecule has 0 radical (unpaired) electrons. The lowest BCUT2D eigenvalue weighted by Gasteiger charge is -2.57. The van der Waals surface area contributed by atoms with Crippen molar-refractivity contribution in [1.82, 2.24) is 15.3 Å². The van der Waals surface area contributed by atoms with Gasteiger partial charge in [0.15, 0.2) is 0 Å². The standard InChI is InChI=1S/C14H21N3O.C2H6/c1-9-15-6-10(7-16-9)11(18)17-12-13(2,3)8-14(12,4)5;1-2/h6-7,12H,8H2,1-5H3,(H,17,18);1-2H3. The Balaban J connectivity index is 0.000000956. The quantitative estimate of drug-likeness (QED) is 0.901. The number of nitrogens with zero attached hydrogens (tertiary/aromatic N) is 2. The highest BCUT2D eigenvalue weighted by atomic mass is 16.1. The number of aryl methyl sites for hydroxylation is 1. The first-order chi connectivity index (χ1) is 9.22. The van der Waals surface area contributed by atoms with E-state index in [1.807, 2.05) is 13.8 Å². The summed E-state index contributed by atoms with van der Waals surface area (Å²) in [5, 5.41) is 3.11. The van der Waals surface area contributed by atoms with Gasteiger partial charge in [0.1, 0.15) is 5.82 Å². The lowest BCUT2D eigenvalue weighted by molar-refractivity contribution is -0.0366. The lowest BCUT2D eigenvalue weighted by Crippen LogP contribution is -2.63. The normalized spacial score (nSPS) is 19.4. The molecule has 0 aromatic carbocycles. The molecule has 20 heavy (non-hydrogen) atoms. The SMILES string of the molecule is CC.Cc1ncc(C(=O)NC2C(C)(C)CC2(C)C)cn1. The molecule has 1 saturated carbocycles. The second-order valence-electron chi connectivity index (χ2n) is 6.58. The van der Waals surface area contributed by atoms with Crippen molar-refractivity contribution < 1.29 is 4.79 Å². The second kappa shape index (κ2) is 5.90. The van der Waals surface area contributed by atoms with E-state index in [0.717, 1.165) is 6.42 Å². The van der Waals surface area contributed by atoms with Crippen LogP contribution in [0.3, 0.4) is 0 Å². The molecule has 4 heteroatoms. The van der Waals surface area contributed by atoms with E-state index >= 15 is 0 Å². The summed E-state index contributed by atoms with van der Waals surface area (Å²) in [7, 11) is 0. The summed E-state index contributed by atoms with van der Waals surface area (Å²) in [6.45, 7) is 14.6. The first kappa shape index (κ1) is 16.6. The summed E-state index contributed by atoms with van der Waals surface area (Å²) in [6.07, 6.45) is 4.28. The van der Waals surface area contributed by atoms with Crippen molar-refractivity contribution >= 4 is 5.91 Å². The Morgan fingerprint density at radius 2 is 1.60 bits per heavy atom. The summed E-state index contributed by atoms with van der Waals surface area (Å²) in [6, 6.07) is 0.193. The van der Waals surface area contributed by atoms with Gasteiger partial charge in [0.25, 0.3) is 5.91 Å². The summed E-state index contributed by atoms with van der Waals surface area (Å²) in [5.41, 5.74) is 0.842. The van der Waals surface area contributed by atoms with Gasteiger partial charge < -0.3 is 5.32 Å². The zero-order valence-corrected chi connectivity index (χ0v) is 13.7. The van der Waals surface area contributed by atoms with E-state index in [-0.39, 0.29) is 22.8 Å². The fraction of sp³-hybridized carbons (Fsp3) is 0.688. The topological polar surface area (TPSA) is 54.9 Å². The molecule has 112 valence electrons. The minimum absolute atomic E-state index is 0.0825. The van der Waals surface area contributed by atoms with E-state index in [0.29, 0.717) is 11.4 Å². The molecule has 0 unspecified atom stereocenters. The minimum Gasteiger partial charge on any atom is -0.348 e. The molecule has 2 rings (SSSR count). The lowest BCUT2D eigenvalue weighted by atomic mass is 9.52. The number of nitrogens with one attached hydrogen (secondary N) is 1. The molecule has 1 aliphatic carbocycles. The predicted molar refractivity (Wildman–Crippen MR) is 81.6 cm³/mol. The smallest absolute Gasteiger partial charge is 0.254 e. The molecular formula is C16H27N3O. The van der Waals surface area contributed by atoms with Crippen molar-refractivity contribution in [3.05, 3.63) is 23.8 Å². The number of hydrogen-bond acceptors (Lipinski definition) is 3. The van der Waals surface area contributed by atoms with Gasteiger partial charge in [0.2, 0.25) is 0 Å². The van der Waals surface area contributed by atoms with Crippen molar-refractivity contribution in [1.29, 1.82) is 0 Å². The summed E-state index contributed by atoms with van der Waals surface area (Å²) < 4.78 is 0. The van der Waals surface area contributed by atoms with Crippen LogP contribution in [0.5, 0.6) is 0 Å². The van der Waals surface area contributed by atoms with Gasteiger partial charge in [-0.3, -0.25) is 4.79 Å². The van der Waals surface area contributed by atoms with Gasteiger partial charge in [-0.05, 0) is 24.2 Å². The third kappa shape index (κ3) is 3.35. The Morgan fingerprint density at radius 1 is 1.15 bits per heavy atom. The Labute approximate surface area is 122 Å². The Hall–Kier alpha value is -1.45. The first-order valence-corrected chi connectivity index (χ1v) is 7.32. The molecule has 1 amide bonds. The fourth-order valence-electron chi connectivity index (χ4n) is 3.42. The average Bonchev–Trinajstić information content (AvgIpc) is 2.37. The Bertz CT molecular complexity index is 449. The van der Waals surface area contributed by atoms with Crippen LogP contribution < -0.4 is 5.32 Å². The molecule has 0 atom stereocenters. The van der Waals surface area contributed by atoms with Crippen molar-refractivity contribution in [2.24, 2.45) is 10.8 Å². The molecule has 0 spiro atoms. The maximum absolute atomic E-state index is 12.1. The second-order valence-corrected chi connectivity index (χ2v) is 6.58. The van der Waals surface area contributed by atoms with Gasteiger partial charge in [0, 0.05) is 18.4 Å². The highest BCUT2D eigenvalue weighted by Gasteiger charge is 2.53. The molecule has 1 heterocycles. The van der Waals surface area contributed by atoms with Gasteiger partial charge in [-0.1, -0.05) is 41.5 Å². The molecule has 1 N–H and O–H groups in total. The number of carbonyl (C=O) groups excluding carboxylic acids is 1. The molecule has 0 saturated heterocycles. The largest absolute Gasteiger partial charge is 0.348 e. The van der Waals surface area contributed by atoms with Gasteiger partial charge in [-0.25, -0.2) is 9.97 Å². The Morgan fingerprint density at radius 3 is 2.00 bits per heavy atom. The van der Waals surface area contributed by atoms with E-state index < -0.39 is 0 Å². The van der Waals surface area contributed by atoms with E-state index in [1.54, 1.807) is 19.3 Å². The number of hydrogen-bond donors (Lipinski definition) is 1. The van der Waals surface area contributed by atoms with Crippen LogP contribution in [0.2, 0.25) is 0 Å². The van der Waals surface area contributed by atoms with E-state index in [1.165, 1.54) is 0 Å². The Kier molecular flexibility index (Phi) is 4.90. The van der Waals surface area contributed by atoms with Crippen molar-refractivity contribution in [2.45, 2.75) is 60.9 Å². The molecule has 1 aromatic heterocycles. The average molecular weight is 277 g/mol. The third-order valence-electron chi connectivity index (χ3n) is 3.79. The van der Waals surface area contributed by atoms with Gasteiger partial charge >= 0.3 is 0 Å². The van der Waals surface area contributed by atoms with Crippen molar-refractivity contribution in [2.75, 3.05) is 0 Å². The molecule has 1 fully saturated rings. The number of rotatable bonds is 2. The van der Waals surface area contributed by atoms with Crippen LogP contribution in [0.15, 0.2) is 12.4 Å². The van der Waals surface area contributed by atoms with Crippen LogP contribution >= 0.6 is 0 Å². The molecule has 1 aromatic rings. The zero-order chi connectivity index (χ0) is 15.6. The number of carbonyl (C=O) groups is 1. The van der Waals surface area contributed by atoms with Gasteiger partial charge in [-0.15, -0.1) is 0 Å². The zero-order valence-electron chi connectivity index (χ0n) is 13.7. The van der Waals surface area contributed by atoms with Gasteiger partial charge in [-0.2, -0.15) is 0 Å². The third-order valence-corrected chi connectivity index (χ3v) is 3.79. The summed E-state index contributed by atoms with van der Waals surface area (Å²) in [5.74, 6) is 0.594. The monoisotopic (exact) mass is 277 g/mol. The highest BCUT2D eigenvalue weighted by molar-refractivity contribution is 5.93. The highest BCUT2D eigenvalue weighted by Crippen LogP contribution is 2.53. The minimum atomic E-state index is -0.0825. The molecule has 1 aliphatic rings. The number of aromatic nitrogens is 2. The van der Waals surface area contributed by atoms with Crippen LogP contribution in [0.1, 0.15) is 64.1 Å². The van der Waals surface area contributed by atoms with E-state index in [9.17, 15) is 4.79 Å². The van der Waals surface area contributed by atoms with Gasteiger partial charge in [0.05, 0.1) is 5.56 Å². The molecule has 0 aliphatic heterocycles. The first-order valence-electron chi connectivity index (χ1n) is 7.32. The maximum atomic E-state index is 12.1. The van der Waals surface area contributed by atoms with E-state index in [4.69, 9.17) is 0 Å². The number of amides is 1. The van der Waals surface area contributed by atoms with Crippen molar-refractivity contribution in [3.63, 3.8) is 0 Å².